The predicted molar refractivity (Wildman–Crippen MR) is 566 cm³/mol. The molecule has 0 saturated carbocycles. The molecule has 6 N–H and O–H groups in total. The van der Waals surface area contributed by atoms with E-state index in [1.165, 1.54) is 24.7 Å². The highest BCUT2D eigenvalue weighted by molar-refractivity contribution is 5.89. The summed E-state index contributed by atoms with van der Waals surface area (Å²) in [6, 6.07) is 33.2. The molecule has 5 unspecified atom stereocenters. The van der Waals surface area contributed by atoms with Crippen molar-refractivity contribution in [1.29, 1.82) is 0 Å². The van der Waals surface area contributed by atoms with Crippen molar-refractivity contribution in [1.82, 2.24) is 123 Å². The lowest BCUT2D eigenvalue weighted by Gasteiger charge is -2.37. The van der Waals surface area contributed by atoms with Crippen LogP contribution in [0, 0.1) is 49.9 Å². The minimum atomic E-state index is -0.620. The molecule has 32 nitrogen and oxygen atoms in total. The summed E-state index contributed by atoms with van der Waals surface area (Å²) in [7, 11) is 4.30. The van der Waals surface area contributed by atoms with E-state index in [9.17, 15) is 22.0 Å². The Morgan fingerprint density at radius 1 is 0.384 bits per heavy atom. The van der Waals surface area contributed by atoms with Crippen molar-refractivity contribution in [3.63, 3.8) is 0 Å². The maximum atomic E-state index is 15.0. The number of aryl methyl sites for hydroxylation is 7. The fraction of sp³-hybridized carbons (Fsp3) is 0.413. The molecular weight excluding hydrogens is 1850 g/mol. The second-order valence-electron chi connectivity index (χ2n) is 40.7. The number of aromatic nitrogens is 20. The van der Waals surface area contributed by atoms with Crippen LogP contribution in [-0.4, -0.2) is 230 Å². The lowest BCUT2D eigenvalue weighted by molar-refractivity contribution is 0.132. The van der Waals surface area contributed by atoms with Crippen molar-refractivity contribution < 1.29 is 22.0 Å². The number of piperazine rings is 3. The van der Waals surface area contributed by atoms with Crippen LogP contribution in [0.15, 0.2) is 147 Å². The molecular formula is C109H127F5N32. The summed E-state index contributed by atoms with van der Waals surface area (Å²) in [5, 5.41) is 19.4. The minimum absolute atomic E-state index is 0. The van der Waals surface area contributed by atoms with Gasteiger partial charge in [-0.25, -0.2) is 102 Å². The third kappa shape index (κ3) is 20.6. The van der Waals surface area contributed by atoms with Gasteiger partial charge in [0.2, 0.25) is 23.8 Å². The van der Waals surface area contributed by atoms with Crippen LogP contribution in [0.25, 0.3) is 89.2 Å². The lowest BCUT2D eigenvalue weighted by atomic mass is 10.0. The molecule has 146 heavy (non-hydrogen) atoms. The number of hydrogen-bond donors (Lipinski definition) is 6. The van der Waals surface area contributed by atoms with Gasteiger partial charge in [0.05, 0.1) is 99.1 Å². The minimum Gasteiger partial charge on any atom is -0.370 e. The first-order chi connectivity index (χ1) is 70.1. The van der Waals surface area contributed by atoms with Gasteiger partial charge in [-0.2, -0.15) is 0 Å². The van der Waals surface area contributed by atoms with E-state index in [2.05, 4.69) is 215 Å². The molecule has 4 aromatic carbocycles. The van der Waals surface area contributed by atoms with Crippen LogP contribution in [0.4, 0.5) is 86.1 Å². The van der Waals surface area contributed by atoms with E-state index >= 15 is 0 Å². The highest BCUT2D eigenvalue weighted by Gasteiger charge is 2.36. The number of rotatable bonds is 19. The summed E-state index contributed by atoms with van der Waals surface area (Å²) in [6.07, 6.45) is 22.3. The number of hydrogen-bond acceptors (Lipinski definition) is 28. The first kappa shape index (κ1) is 99.1. The van der Waals surface area contributed by atoms with Crippen LogP contribution in [0.2, 0.25) is 0 Å². The van der Waals surface area contributed by atoms with E-state index in [0.29, 0.717) is 93.5 Å². The van der Waals surface area contributed by atoms with Crippen LogP contribution in [0.5, 0.6) is 0 Å². The largest absolute Gasteiger partial charge is 0.370 e. The zero-order chi connectivity index (χ0) is 100. The maximum Gasteiger partial charge on any atom is 0.229 e. The number of pyridine rings is 4. The molecule has 0 bridgehead atoms. The molecule has 37 heteroatoms. The molecule has 0 radical (unpaired) electrons. The van der Waals surface area contributed by atoms with Crippen LogP contribution >= 0.6 is 0 Å². The summed E-state index contributed by atoms with van der Waals surface area (Å²) in [6.45, 7) is 37.6. The van der Waals surface area contributed by atoms with Gasteiger partial charge in [-0.1, -0.05) is 20.4 Å². The first-order valence-corrected chi connectivity index (χ1v) is 50.7. The molecule has 8 aliphatic heterocycles. The Kier molecular flexibility index (Phi) is 28.3. The summed E-state index contributed by atoms with van der Waals surface area (Å²) in [5.74, 6) is 5.20. The van der Waals surface area contributed by atoms with Crippen LogP contribution in [0.3, 0.4) is 0 Å². The number of halogens is 5. The Morgan fingerprint density at radius 3 is 1.16 bits per heavy atom. The number of likely N-dealkylation sites (N-methyl/N-ethyl adjacent to an activating group) is 1. The summed E-state index contributed by atoms with van der Waals surface area (Å²) in [5.41, 5.74) is 17.7. The van der Waals surface area contributed by atoms with Crippen molar-refractivity contribution in [3.05, 3.63) is 221 Å². The van der Waals surface area contributed by atoms with E-state index in [0.717, 1.165) is 269 Å². The molecule has 8 aliphatic rings. The predicted octanol–water partition coefficient (Wildman–Crippen LogP) is 19.3. The van der Waals surface area contributed by atoms with Crippen LogP contribution in [0.1, 0.15) is 165 Å². The fourth-order valence-corrected chi connectivity index (χ4v) is 21.9. The normalized spacial score (nSPS) is 18.7. The molecule has 0 spiro atoms. The summed E-state index contributed by atoms with van der Waals surface area (Å²) < 4.78 is 83.4. The van der Waals surface area contributed by atoms with E-state index in [-0.39, 0.29) is 47.7 Å². The van der Waals surface area contributed by atoms with Crippen molar-refractivity contribution in [2.75, 3.05) is 135 Å². The van der Waals surface area contributed by atoms with Gasteiger partial charge >= 0.3 is 0 Å². The Balaban J connectivity index is 0.000000118. The SMILES string of the molecule is C.CCN1CCN(Cc2ccc(Nc3ncc(F)c(-c4cc(F)c5nc6n(c5c4)C(C)CC6)n3)nc2)CC1.Cc1cc(-c2nc(Nc3ccc(N4CC(C)NC(C)C4)cn3)ncc2F)cc2c1nc1n2C(C)(C)CC1.Cc1cc(-c2nc(Nc3ccc(N4CCC(N(C)C)CC4)cn3)ncc2F)cc2c1nc1n2C(C)CC1.Cc1cc(-c2nc(Nc3ccc(N4CCNCC4)cn3)ncc2F)cc2c1nc1n2C(C)CC1. The third-order valence-electron chi connectivity index (χ3n) is 29.6. The average molecular weight is 1980 g/mol. The van der Waals surface area contributed by atoms with Gasteiger partial charge in [0, 0.05) is 181 Å². The molecule has 0 aliphatic carbocycles. The molecule has 5 atom stereocenters. The second kappa shape index (κ2) is 41.7. The van der Waals surface area contributed by atoms with E-state index in [1.807, 2.05) is 129 Å². The van der Waals surface area contributed by atoms with E-state index in [1.54, 1.807) is 6.07 Å². The number of anilines is 11. The molecule has 758 valence electrons. The molecule has 20 heterocycles. The number of fused-ring (bicyclic) bond motifs is 12. The quantitative estimate of drug-likeness (QED) is 0.0410. The van der Waals surface area contributed by atoms with Gasteiger partial charge in [0.1, 0.15) is 74.9 Å². The number of nitrogens with zero attached hydrogens (tertiary/aromatic N) is 26. The van der Waals surface area contributed by atoms with Gasteiger partial charge in [-0.3, -0.25) is 4.90 Å². The van der Waals surface area contributed by atoms with Crippen LogP contribution in [-0.2, 0) is 37.8 Å². The molecule has 24 rings (SSSR count). The van der Waals surface area contributed by atoms with Gasteiger partial charge < -0.3 is 74.7 Å². The topological polar surface area (TPSA) is 318 Å². The van der Waals surface area contributed by atoms with Gasteiger partial charge in [-0.05, 0) is 242 Å². The van der Waals surface area contributed by atoms with Crippen molar-refractivity contribution in [3.8, 4) is 45.0 Å². The zero-order valence-electron chi connectivity index (χ0n) is 84.3. The Morgan fingerprint density at radius 2 is 0.753 bits per heavy atom. The molecule has 0 amide bonds. The second-order valence-corrected chi connectivity index (χ2v) is 40.7. The Bertz CT molecular complexity index is 7440. The third-order valence-corrected chi connectivity index (χ3v) is 29.6. The van der Waals surface area contributed by atoms with Gasteiger partial charge in [-0.15, -0.1) is 0 Å². The summed E-state index contributed by atoms with van der Waals surface area (Å²) in [4.78, 5) is 85.9. The molecule has 12 aromatic heterocycles. The number of piperidine rings is 1. The first-order valence-electron chi connectivity index (χ1n) is 50.7. The number of benzene rings is 4. The fourth-order valence-electron chi connectivity index (χ4n) is 21.9. The highest BCUT2D eigenvalue weighted by atomic mass is 19.1. The molecule has 4 saturated heterocycles. The average Bonchev–Trinajstić information content (AvgIpc) is 1.56. The Hall–Kier alpha value is -14.3. The molecule has 4 fully saturated rings. The monoisotopic (exact) mass is 1980 g/mol. The zero-order valence-corrected chi connectivity index (χ0v) is 84.3. The van der Waals surface area contributed by atoms with Gasteiger partial charge in [0.15, 0.2) is 29.1 Å². The summed E-state index contributed by atoms with van der Waals surface area (Å²) >= 11 is 0. The van der Waals surface area contributed by atoms with Crippen molar-refractivity contribution >= 4 is 108 Å². The molecule has 16 aromatic rings. The van der Waals surface area contributed by atoms with E-state index < -0.39 is 29.1 Å². The van der Waals surface area contributed by atoms with Crippen molar-refractivity contribution in [2.24, 2.45) is 0 Å². The van der Waals surface area contributed by atoms with Crippen molar-refractivity contribution in [2.45, 2.75) is 196 Å². The lowest BCUT2D eigenvalue weighted by Crippen LogP contribution is -2.54. The Labute approximate surface area is 846 Å². The highest BCUT2D eigenvalue weighted by Crippen LogP contribution is 2.43. The maximum absolute atomic E-state index is 15.0. The van der Waals surface area contributed by atoms with E-state index in [4.69, 9.17) is 15.0 Å². The standard InChI is InChI=1S/2C28H33FN8.C27H30F2N8.C25H27FN8.CH4/c1-16-10-19(11-22-25(16)34-24-8-9-28(4,5)37(22)24)26-21(29)13-31-27(35-26)33-23-7-6-20(12-30-23)36-14-17(2)32-18(3)15-36;1-17-13-19(14-23-26(17)33-25-8-5-18(2)37(23)25)27-22(29)16-31-28(34-27)32-24-7-6-21(15-30-24)36-11-9-20(10-12-36)35(3)4;1-3-35-8-10-36(11-9-35)16-18-5-6-23(30-14-18)32-27-31-15-21(29)25(34-27)19-12-20(28)26-22(13-19)37-17(2)4-7-24(37)33-26;1-15-11-17(12-20-23(15)31-22-6-3-16(2)34(20)22)24-19(26)14-29-25(32-24)30-21-5-4-18(13-28-21)33-9-7-27-8-10-33;/h6-7,10-13,17-18,32H,8-9,14-15H2,1-5H3,(H,30,31,33,35);6-7,13-16,18,20H,5,8-12H2,1-4H3,(H,30,31,32,34);5-6,12-15,17H,3-4,7-11,16H2,1-2H3,(H,30,31,32,34);4-5,11-14,16,27H,3,6-10H2,1-2H3,(H,28,29,30,32);1H4. The van der Waals surface area contributed by atoms with Crippen LogP contribution < -0.4 is 46.6 Å². The number of nitrogens with one attached hydrogen (secondary N) is 6. The smallest absolute Gasteiger partial charge is 0.229 e. The number of imidazole rings is 4. The van der Waals surface area contributed by atoms with Gasteiger partial charge in [0.25, 0.3) is 0 Å².